The zero-order valence-electron chi connectivity index (χ0n) is 10.2. The fraction of sp³-hybridized carbons (Fsp3) is 0.417. The van der Waals surface area contributed by atoms with Crippen LogP contribution in [0.25, 0.3) is 0 Å². The zero-order chi connectivity index (χ0) is 13.5. The molecule has 0 aliphatic rings. The van der Waals surface area contributed by atoms with Crippen LogP contribution >= 0.6 is 15.9 Å². The minimum Gasteiger partial charge on any atom is -0.484 e. The predicted octanol–water partition coefficient (Wildman–Crippen LogP) is 2.12. The van der Waals surface area contributed by atoms with Crippen molar-refractivity contribution in [3.05, 3.63) is 28.5 Å². The number of hydrogen-bond acceptors (Lipinski definition) is 3. The summed E-state index contributed by atoms with van der Waals surface area (Å²) in [5.41, 5.74) is 0. The van der Waals surface area contributed by atoms with Crippen LogP contribution in [0.4, 0.5) is 4.39 Å². The molecule has 1 aromatic rings. The lowest BCUT2D eigenvalue weighted by atomic mass is 10.3. The molecule has 0 radical (unpaired) electrons. The highest BCUT2D eigenvalue weighted by molar-refractivity contribution is 9.10. The summed E-state index contributed by atoms with van der Waals surface area (Å²) >= 11 is 3.04. The van der Waals surface area contributed by atoms with E-state index >= 15 is 0 Å². The van der Waals surface area contributed by atoms with Crippen molar-refractivity contribution >= 4 is 21.8 Å². The largest absolute Gasteiger partial charge is 0.484 e. The third-order valence-corrected chi connectivity index (χ3v) is 2.69. The van der Waals surface area contributed by atoms with Crippen molar-refractivity contribution in [2.24, 2.45) is 0 Å². The number of amides is 1. The quantitative estimate of drug-likeness (QED) is 0.873. The van der Waals surface area contributed by atoms with Gasteiger partial charge in [-0.25, -0.2) is 4.39 Å². The molecule has 1 rings (SSSR count). The molecule has 6 heteroatoms. The molecule has 1 aromatic carbocycles. The smallest absolute Gasteiger partial charge is 0.258 e. The molecule has 1 N–H and O–H groups in total. The summed E-state index contributed by atoms with van der Waals surface area (Å²) < 4.78 is 23.4. The van der Waals surface area contributed by atoms with E-state index in [4.69, 9.17) is 9.47 Å². The second-order valence-corrected chi connectivity index (χ2v) is 4.64. The van der Waals surface area contributed by atoms with Gasteiger partial charge in [-0.1, -0.05) is 0 Å². The highest BCUT2D eigenvalue weighted by Gasteiger charge is 2.08. The van der Waals surface area contributed by atoms with E-state index in [0.717, 1.165) is 0 Å². The van der Waals surface area contributed by atoms with E-state index in [2.05, 4.69) is 21.2 Å². The van der Waals surface area contributed by atoms with E-state index in [1.165, 1.54) is 18.2 Å². The first kappa shape index (κ1) is 14.9. The maximum atomic E-state index is 13.0. The number of methoxy groups -OCH3 is 1. The molecule has 0 saturated carbocycles. The molecule has 0 aliphatic carbocycles. The molecule has 0 fully saturated rings. The van der Waals surface area contributed by atoms with E-state index in [1.807, 2.05) is 6.92 Å². The lowest BCUT2D eigenvalue weighted by molar-refractivity contribution is -0.124. The van der Waals surface area contributed by atoms with Crippen molar-refractivity contribution in [1.29, 1.82) is 0 Å². The molecule has 1 unspecified atom stereocenters. The van der Waals surface area contributed by atoms with Crippen LogP contribution in [0.5, 0.6) is 5.75 Å². The van der Waals surface area contributed by atoms with Crippen LogP contribution in [0.2, 0.25) is 0 Å². The van der Waals surface area contributed by atoms with Crippen LogP contribution in [-0.4, -0.2) is 32.3 Å². The third-order valence-electron chi connectivity index (χ3n) is 2.09. The highest BCUT2D eigenvalue weighted by Crippen LogP contribution is 2.21. The summed E-state index contributed by atoms with van der Waals surface area (Å²) in [7, 11) is 1.56. The van der Waals surface area contributed by atoms with Gasteiger partial charge in [-0.05, 0) is 41.1 Å². The molecular formula is C12H15BrFNO3. The van der Waals surface area contributed by atoms with Crippen LogP contribution < -0.4 is 10.1 Å². The fourth-order valence-corrected chi connectivity index (χ4v) is 1.68. The van der Waals surface area contributed by atoms with Crippen LogP contribution in [0.1, 0.15) is 6.92 Å². The van der Waals surface area contributed by atoms with Crippen LogP contribution in [-0.2, 0) is 9.53 Å². The van der Waals surface area contributed by atoms with E-state index in [-0.39, 0.29) is 24.4 Å². The first-order chi connectivity index (χ1) is 8.52. The summed E-state index contributed by atoms with van der Waals surface area (Å²) in [6, 6.07) is 4.13. The Bertz CT molecular complexity index is 414. The van der Waals surface area contributed by atoms with Gasteiger partial charge in [0.1, 0.15) is 11.6 Å². The predicted molar refractivity (Wildman–Crippen MR) is 69.1 cm³/mol. The molecule has 0 aromatic heterocycles. The van der Waals surface area contributed by atoms with Gasteiger partial charge < -0.3 is 14.8 Å². The topological polar surface area (TPSA) is 47.6 Å². The third kappa shape index (κ3) is 5.01. The Morgan fingerprint density at radius 1 is 1.56 bits per heavy atom. The number of halogens is 2. The standard InChI is InChI=1S/C12H15BrFNO3/c1-8(6-17-2)15-12(16)7-18-9-3-4-11(14)10(13)5-9/h3-5,8H,6-7H2,1-2H3,(H,15,16). The van der Waals surface area contributed by atoms with Crippen molar-refractivity contribution in [1.82, 2.24) is 5.32 Å². The normalized spacial score (nSPS) is 12.0. The zero-order valence-corrected chi connectivity index (χ0v) is 11.8. The van der Waals surface area contributed by atoms with Gasteiger partial charge in [0.15, 0.2) is 6.61 Å². The number of carbonyl (C=O) groups excluding carboxylic acids is 1. The molecule has 4 nitrogen and oxygen atoms in total. The summed E-state index contributed by atoms with van der Waals surface area (Å²) in [5, 5.41) is 2.70. The molecule has 1 atom stereocenters. The molecular weight excluding hydrogens is 305 g/mol. The maximum absolute atomic E-state index is 13.0. The highest BCUT2D eigenvalue weighted by atomic mass is 79.9. The van der Waals surface area contributed by atoms with E-state index in [0.29, 0.717) is 16.8 Å². The SMILES string of the molecule is COCC(C)NC(=O)COc1ccc(F)c(Br)c1. The monoisotopic (exact) mass is 319 g/mol. The van der Waals surface area contributed by atoms with Gasteiger partial charge in [0.2, 0.25) is 0 Å². The molecule has 0 spiro atoms. The average molecular weight is 320 g/mol. The molecule has 0 heterocycles. The minimum absolute atomic E-state index is 0.0777. The first-order valence-corrected chi connectivity index (χ1v) is 6.18. The number of hydrogen-bond donors (Lipinski definition) is 1. The second-order valence-electron chi connectivity index (χ2n) is 3.79. The summed E-state index contributed by atoms with van der Waals surface area (Å²) in [5.74, 6) is -0.196. The average Bonchev–Trinajstić information content (AvgIpc) is 2.31. The van der Waals surface area contributed by atoms with Crippen molar-refractivity contribution in [3.8, 4) is 5.75 Å². The molecule has 100 valence electrons. The maximum Gasteiger partial charge on any atom is 0.258 e. The van der Waals surface area contributed by atoms with Gasteiger partial charge in [-0.2, -0.15) is 0 Å². The Balaban J connectivity index is 2.40. The van der Waals surface area contributed by atoms with Gasteiger partial charge in [0, 0.05) is 13.2 Å². The number of carbonyl (C=O) groups is 1. The second kappa shape index (κ2) is 7.33. The van der Waals surface area contributed by atoms with Crippen molar-refractivity contribution in [3.63, 3.8) is 0 Å². The van der Waals surface area contributed by atoms with Crippen molar-refractivity contribution < 1.29 is 18.7 Å². The van der Waals surface area contributed by atoms with Crippen LogP contribution in [0.3, 0.4) is 0 Å². The Morgan fingerprint density at radius 2 is 2.28 bits per heavy atom. The number of benzene rings is 1. The van der Waals surface area contributed by atoms with Crippen molar-refractivity contribution in [2.75, 3.05) is 20.3 Å². The number of nitrogens with one attached hydrogen (secondary N) is 1. The van der Waals surface area contributed by atoms with Gasteiger partial charge in [-0.3, -0.25) is 4.79 Å². The van der Waals surface area contributed by atoms with Gasteiger partial charge in [0.05, 0.1) is 11.1 Å². The first-order valence-electron chi connectivity index (χ1n) is 5.39. The Kier molecular flexibility index (Phi) is 6.07. The number of rotatable bonds is 6. The number of ether oxygens (including phenoxy) is 2. The van der Waals surface area contributed by atoms with Crippen molar-refractivity contribution in [2.45, 2.75) is 13.0 Å². The van der Waals surface area contributed by atoms with E-state index in [9.17, 15) is 9.18 Å². The molecule has 18 heavy (non-hydrogen) atoms. The summed E-state index contributed by atoms with van der Waals surface area (Å²) in [4.78, 5) is 11.5. The summed E-state index contributed by atoms with van der Waals surface area (Å²) in [6.45, 7) is 2.15. The fourth-order valence-electron chi connectivity index (χ4n) is 1.32. The van der Waals surface area contributed by atoms with E-state index in [1.54, 1.807) is 7.11 Å². The van der Waals surface area contributed by atoms with Gasteiger partial charge in [-0.15, -0.1) is 0 Å². The lowest BCUT2D eigenvalue weighted by Crippen LogP contribution is -2.38. The van der Waals surface area contributed by atoms with Gasteiger partial charge >= 0.3 is 0 Å². The molecule has 1 amide bonds. The van der Waals surface area contributed by atoms with Gasteiger partial charge in [0.25, 0.3) is 5.91 Å². The minimum atomic E-state index is -0.375. The van der Waals surface area contributed by atoms with E-state index < -0.39 is 0 Å². The molecule has 0 bridgehead atoms. The summed E-state index contributed by atoms with van der Waals surface area (Å²) in [6.07, 6.45) is 0. The Morgan fingerprint density at radius 3 is 2.89 bits per heavy atom. The molecule has 0 saturated heterocycles. The Labute approximate surface area is 114 Å². The van der Waals surface area contributed by atoms with Crippen LogP contribution in [0, 0.1) is 5.82 Å². The molecule has 0 aliphatic heterocycles. The lowest BCUT2D eigenvalue weighted by Gasteiger charge is -2.13. The van der Waals surface area contributed by atoms with Crippen LogP contribution in [0.15, 0.2) is 22.7 Å². The Hall–Kier alpha value is -1.14.